The summed E-state index contributed by atoms with van der Waals surface area (Å²) in [5.74, 6) is 1.09. The zero-order chi connectivity index (χ0) is 20.4. The van der Waals surface area contributed by atoms with E-state index in [1.807, 2.05) is 46.9 Å². The van der Waals surface area contributed by atoms with E-state index in [1.54, 1.807) is 19.1 Å². The molecule has 4 aromatic rings. The summed E-state index contributed by atoms with van der Waals surface area (Å²) in [6.45, 7) is 2.56. The highest BCUT2D eigenvalue weighted by Gasteiger charge is 2.16. The van der Waals surface area contributed by atoms with Crippen molar-refractivity contribution in [1.29, 1.82) is 0 Å². The number of hydrogen-bond donors (Lipinski definition) is 0. The van der Waals surface area contributed by atoms with Crippen LogP contribution in [0.3, 0.4) is 0 Å². The molecule has 0 unspecified atom stereocenters. The quantitative estimate of drug-likeness (QED) is 0.454. The summed E-state index contributed by atoms with van der Waals surface area (Å²) >= 11 is 1.40. The maximum atomic E-state index is 12.7. The SMILES string of the molecule is COc1ccccc1CN(C)C(=O)CSc1nnc2cc(C)c3ccccc3n12. The minimum atomic E-state index is 0.0223. The normalized spacial score (nSPS) is 11.1. The third-order valence-electron chi connectivity index (χ3n) is 4.92. The number of fused-ring (bicyclic) bond motifs is 3. The number of benzene rings is 2. The number of thioether (sulfide) groups is 1. The third kappa shape index (κ3) is 3.78. The highest BCUT2D eigenvalue weighted by Crippen LogP contribution is 2.26. The van der Waals surface area contributed by atoms with Crippen molar-refractivity contribution in [2.45, 2.75) is 18.6 Å². The van der Waals surface area contributed by atoms with Crippen LogP contribution in [0.15, 0.2) is 59.8 Å². The number of amides is 1. The largest absolute Gasteiger partial charge is 0.496 e. The fourth-order valence-corrected chi connectivity index (χ4v) is 4.27. The summed E-state index contributed by atoms with van der Waals surface area (Å²) in [7, 11) is 3.44. The van der Waals surface area contributed by atoms with Gasteiger partial charge in [0, 0.05) is 24.5 Å². The predicted octanol–water partition coefficient (Wildman–Crippen LogP) is 3.95. The van der Waals surface area contributed by atoms with Crippen LogP contribution in [-0.2, 0) is 11.3 Å². The molecular formula is C22H22N4O2S. The first-order chi connectivity index (χ1) is 14.1. The lowest BCUT2D eigenvalue weighted by Crippen LogP contribution is -2.28. The number of carbonyl (C=O) groups excluding carboxylic acids is 1. The van der Waals surface area contributed by atoms with Gasteiger partial charge in [-0.25, -0.2) is 0 Å². The Hall–Kier alpha value is -3.06. The molecule has 7 heteroatoms. The number of rotatable bonds is 6. The average molecular weight is 407 g/mol. The molecule has 148 valence electrons. The van der Waals surface area contributed by atoms with E-state index in [0.29, 0.717) is 6.54 Å². The van der Waals surface area contributed by atoms with Crippen molar-refractivity contribution in [1.82, 2.24) is 19.5 Å². The minimum Gasteiger partial charge on any atom is -0.496 e. The second kappa shape index (κ2) is 8.13. The van der Waals surface area contributed by atoms with Crippen molar-refractivity contribution in [3.05, 3.63) is 65.7 Å². The standard InChI is InChI=1S/C22H22N4O2S/c1-15-12-20-23-24-22(26(20)18-10-6-5-9-17(15)18)29-14-21(27)25(2)13-16-8-4-7-11-19(16)28-3/h4-12H,13-14H2,1-3H3. The van der Waals surface area contributed by atoms with Gasteiger partial charge in [-0.2, -0.15) is 0 Å². The lowest BCUT2D eigenvalue weighted by Gasteiger charge is -2.18. The van der Waals surface area contributed by atoms with Gasteiger partial charge in [-0.3, -0.25) is 9.20 Å². The van der Waals surface area contributed by atoms with Crippen LogP contribution in [0.1, 0.15) is 11.1 Å². The monoisotopic (exact) mass is 406 g/mol. The molecule has 0 aliphatic heterocycles. The molecule has 6 nitrogen and oxygen atoms in total. The summed E-state index contributed by atoms with van der Waals surface area (Å²) < 4.78 is 7.39. The van der Waals surface area contributed by atoms with Gasteiger partial charge < -0.3 is 9.64 Å². The molecule has 0 atom stereocenters. The first-order valence-corrected chi connectivity index (χ1v) is 10.3. The molecule has 0 saturated carbocycles. The summed E-state index contributed by atoms with van der Waals surface area (Å²) in [5.41, 5.74) is 3.97. The van der Waals surface area contributed by atoms with Crippen molar-refractivity contribution in [2.24, 2.45) is 0 Å². The smallest absolute Gasteiger partial charge is 0.233 e. The van der Waals surface area contributed by atoms with Gasteiger partial charge in [-0.15, -0.1) is 10.2 Å². The molecule has 2 aromatic carbocycles. The third-order valence-corrected chi connectivity index (χ3v) is 5.84. The number of carbonyl (C=O) groups is 1. The number of aryl methyl sites for hydroxylation is 1. The summed E-state index contributed by atoms with van der Waals surface area (Å²) in [6, 6.07) is 17.9. The Morgan fingerprint density at radius 3 is 2.72 bits per heavy atom. The number of aromatic nitrogens is 3. The van der Waals surface area contributed by atoms with Crippen LogP contribution in [0.25, 0.3) is 16.6 Å². The van der Waals surface area contributed by atoms with E-state index in [4.69, 9.17) is 4.74 Å². The van der Waals surface area contributed by atoms with Crippen molar-refractivity contribution in [3.63, 3.8) is 0 Å². The summed E-state index contributed by atoms with van der Waals surface area (Å²) in [4.78, 5) is 14.4. The Morgan fingerprint density at radius 1 is 1.14 bits per heavy atom. The van der Waals surface area contributed by atoms with Gasteiger partial charge in [-0.1, -0.05) is 48.2 Å². The second-order valence-corrected chi connectivity index (χ2v) is 7.81. The number of pyridine rings is 1. The van der Waals surface area contributed by atoms with Gasteiger partial charge in [0.25, 0.3) is 0 Å². The van der Waals surface area contributed by atoms with E-state index in [2.05, 4.69) is 29.3 Å². The Balaban J connectivity index is 1.52. The van der Waals surface area contributed by atoms with Crippen LogP contribution >= 0.6 is 11.8 Å². The second-order valence-electron chi connectivity index (χ2n) is 6.87. The molecule has 2 heterocycles. The van der Waals surface area contributed by atoms with Gasteiger partial charge in [0.05, 0.1) is 18.4 Å². The van der Waals surface area contributed by atoms with Crippen LogP contribution in [-0.4, -0.2) is 45.3 Å². The first kappa shape index (κ1) is 19.3. The van der Waals surface area contributed by atoms with Crippen molar-refractivity contribution in [3.8, 4) is 5.75 Å². The number of methoxy groups -OCH3 is 1. The molecule has 0 aliphatic carbocycles. The van der Waals surface area contributed by atoms with E-state index in [-0.39, 0.29) is 11.7 Å². The maximum absolute atomic E-state index is 12.7. The molecule has 1 amide bonds. The molecule has 0 N–H and O–H groups in total. The van der Waals surface area contributed by atoms with Crippen molar-refractivity contribution < 1.29 is 9.53 Å². The zero-order valence-corrected chi connectivity index (χ0v) is 17.4. The lowest BCUT2D eigenvalue weighted by atomic mass is 10.1. The Bertz CT molecular complexity index is 1190. The number of ether oxygens (including phenoxy) is 1. The topological polar surface area (TPSA) is 59.7 Å². The van der Waals surface area contributed by atoms with Gasteiger partial charge in [-0.05, 0) is 30.7 Å². The molecule has 2 aromatic heterocycles. The van der Waals surface area contributed by atoms with Crippen LogP contribution in [0.2, 0.25) is 0 Å². The van der Waals surface area contributed by atoms with E-state index >= 15 is 0 Å². The Kier molecular flexibility index (Phi) is 5.40. The molecule has 0 radical (unpaired) electrons. The van der Waals surface area contributed by atoms with Gasteiger partial charge in [0.15, 0.2) is 10.8 Å². The fraction of sp³-hybridized carbons (Fsp3) is 0.227. The van der Waals surface area contributed by atoms with E-state index in [0.717, 1.165) is 38.6 Å². The van der Waals surface area contributed by atoms with Crippen LogP contribution in [0.4, 0.5) is 0 Å². The van der Waals surface area contributed by atoms with Crippen molar-refractivity contribution in [2.75, 3.05) is 19.9 Å². The van der Waals surface area contributed by atoms with E-state index in [1.165, 1.54) is 11.8 Å². The first-order valence-electron chi connectivity index (χ1n) is 9.30. The van der Waals surface area contributed by atoms with Gasteiger partial charge in [0.1, 0.15) is 5.75 Å². The Labute approximate surface area is 173 Å². The summed E-state index contributed by atoms with van der Waals surface area (Å²) in [6.07, 6.45) is 0. The van der Waals surface area contributed by atoms with Crippen LogP contribution < -0.4 is 4.74 Å². The molecule has 0 bridgehead atoms. The number of para-hydroxylation sites is 2. The molecule has 29 heavy (non-hydrogen) atoms. The molecular weight excluding hydrogens is 384 g/mol. The zero-order valence-electron chi connectivity index (χ0n) is 16.6. The van der Waals surface area contributed by atoms with Gasteiger partial charge >= 0.3 is 0 Å². The highest BCUT2D eigenvalue weighted by molar-refractivity contribution is 7.99. The molecule has 0 spiro atoms. The van der Waals surface area contributed by atoms with E-state index in [9.17, 15) is 4.79 Å². The maximum Gasteiger partial charge on any atom is 0.233 e. The molecule has 0 fully saturated rings. The minimum absolute atomic E-state index is 0.0223. The Morgan fingerprint density at radius 2 is 1.90 bits per heavy atom. The molecule has 0 aliphatic rings. The molecule has 4 rings (SSSR count). The van der Waals surface area contributed by atoms with Gasteiger partial charge in [0.2, 0.25) is 5.91 Å². The van der Waals surface area contributed by atoms with Crippen LogP contribution in [0.5, 0.6) is 5.75 Å². The average Bonchev–Trinajstić information content (AvgIpc) is 3.15. The predicted molar refractivity (Wildman–Crippen MR) is 115 cm³/mol. The number of hydrogen-bond acceptors (Lipinski definition) is 5. The highest BCUT2D eigenvalue weighted by atomic mass is 32.2. The lowest BCUT2D eigenvalue weighted by molar-refractivity contribution is -0.127. The molecule has 0 saturated heterocycles. The fourth-order valence-electron chi connectivity index (χ4n) is 3.38. The van der Waals surface area contributed by atoms with Crippen LogP contribution in [0, 0.1) is 6.92 Å². The summed E-state index contributed by atoms with van der Waals surface area (Å²) in [5, 5.41) is 10.5. The van der Waals surface area contributed by atoms with Crippen molar-refractivity contribution >= 4 is 34.2 Å². The number of nitrogens with zero attached hydrogens (tertiary/aromatic N) is 4. The van der Waals surface area contributed by atoms with E-state index < -0.39 is 0 Å².